The van der Waals surface area contributed by atoms with Crippen LogP contribution in [0, 0.1) is 0 Å². The molecule has 2 atom stereocenters. The van der Waals surface area contributed by atoms with Gasteiger partial charge in [0.15, 0.2) is 0 Å². The lowest BCUT2D eigenvalue weighted by atomic mass is 9.86. The fourth-order valence-corrected chi connectivity index (χ4v) is 5.19. The zero-order valence-corrected chi connectivity index (χ0v) is 20.3. The number of alkyl halides is 3. The van der Waals surface area contributed by atoms with Crippen LogP contribution in [-0.4, -0.2) is 22.9 Å². The van der Waals surface area contributed by atoms with Crippen LogP contribution in [0.25, 0.3) is 5.57 Å². The Balaban J connectivity index is 1.40. The van der Waals surface area contributed by atoms with Crippen molar-refractivity contribution in [1.29, 1.82) is 0 Å². The third-order valence-corrected chi connectivity index (χ3v) is 7.04. The fraction of sp³-hybridized carbons (Fsp3) is 0.185. The minimum atomic E-state index is -4.74. The second-order valence-corrected chi connectivity index (χ2v) is 9.62. The Labute approximate surface area is 214 Å². The first-order valence-electron chi connectivity index (χ1n) is 11.0. The predicted molar refractivity (Wildman–Crippen MR) is 130 cm³/mol. The lowest BCUT2D eigenvalue weighted by Gasteiger charge is -2.32. The Morgan fingerprint density at radius 1 is 0.917 bits per heavy atom. The summed E-state index contributed by atoms with van der Waals surface area (Å²) in [4.78, 5) is 26.8. The van der Waals surface area contributed by atoms with Crippen molar-refractivity contribution in [1.82, 2.24) is 4.90 Å². The van der Waals surface area contributed by atoms with Crippen molar-refractivity contribution >= 4 is 40.6 Å². The molecule has 0 saturated heterocycles. The van der Waals surface area contributed by atoms with E-state index in [0.717, 1.165) is 6.26 Å². The Hall–Kier alpha value is -3.29. The Bertz CT molecular complexity index is 1360. The maximum Gasteiger partial charge on any atom is 0.432 e. The SMILES string of the molecule is CC(c1ccc(C2=COC(c3cc(Cl)cc(Cl)c3)(C(F)(F)F)C2)cc1)N1C(=O)c2ccccc2C1=O. The van der Waals surface area contributed by atoms with Crippen molar-refractivity contribution in [3.05, 3.63) is 111 Å². The number of imide groups is 1. The first kappa shape index (κ1) is 24.4. The van der Waals surface area contributed by atoms with Crippen LogP contribution in [0.15, 0.2) is 73.0 Å². The van der Waals surface area contributed by atoms with Crippen molar-refractivity contribution in [3.63, 3.8) is 0 Å². The van der Waals surface area contributed by atoms with Gasteiger partial charge < -0.3 is 4.74 Å². The van der Waals surface area contributed by atoms with Crippen LogP contribution in [0.1, 0.15) is 56.8 Å². The summed E-state index contributed by atoms with van der Waals surface area (Å²) in [6.07, 6.45) is -4.11. The quantitative estimate of drug-likeness (QED) is 0.326. The monoisotopic (exact) mass is 531 g/mol. The summed E-state index contributed by atoms with van der Waals surface area (Å²) in [7, 11) is 0. The molecule has 5 rings (SSSR count). The summed E-state index contributed by atoms with van der Waals surface area (Å²) < 4.78 is 48.1. The number of nitrogens with zero attached hydrogens (tertiary/aromatic N) is 1. The van der Waals surface area contributed by atoms with Crippen molar-refractivity contribution in [3.8, 4) is 0 Å². The van der Waals surface area contributed by atoms with Crippen LogP contribution in [0.2, 0.25) is 10.0 Å². The number of benzene rings is 3. The molecule has 36 heavy (non-hydrogen) atoms. The Morgan fingerprint density at radius 2 is 1.47 bits per heavy atom. The molecule has 0 aromatic heterocycles. The van der Waals surface area contributed by atoms with Gasteiger partial charge in [-0.05, 0) is 54.0 Å². The maximum absolute atomic E-state index is 14.3. The molecule has 2 heterocycles. The molecule has 0 radical (unpaired) electrons. The number of fused-ring (bicyclic) bond motifs is 1. The Morgan fingerprint density at radius 3 is 2.00 bits per heavy atom. The number of hydrogen-bond donors (Lipinski definition) is 0. The van der Waals surface area contributed by atoms with Gasteiger partial charge in [0.25, 0.3) is 11.8 Å². The van der Waals surface area contributed by atoms with Crippen molar-refractivity contribution in [2.75, 3.05) is 0 Å². The molecule has 3 aromatic carbocycles. The maximum atomic E-state index is 14.3. The summed E-state index contributed by atoms with van der Waals surface area (Å²) in [5, 5.41) is 0.148. The van der Waals surface area contributed by atoms with Gasteiger partial charge in [0.2, 0.25) is 5.60 Å². The molecule has 2 aliphatic rings. The van der Waals surface area contributed by atoms with Gasteiger partial charge in [-0.3, -0.25) is 14.5 Å². The van der Waals surface area contributed by atoms with Gasteiger partial charge >= 0.3 is 6.18 Å². The van der Waals surface area contributed by atoms with E-state index < -0.39 is 24.2 Å². The molecule has 0 bridgehead atoms. The number of ether oxygens (including phenoxy) is 1. The van der Waals surface area contributed by atoms with Gasteiger partial charge in [0.05, 0.1) is 23.4 Å². The molecule has 9 heteroatoms. The van der Waals surface area contributed by atoms with E-state index in [2.05, 4.69) is 0 Å². The molecule has 0 spiro atoms. The summed E-state index contributed by atoms with van der Waals surface area (Å²) in [5.74, 6) is -0.761. The van der Waals surface area contributed by atoms with E-state index in [1.807, 2.05) is 0 Å². The molecule has 3 aromatic rings. The minimum absolute atomic E-state index is 0.0738. The molecule has 184 valence electrons. The van der Waals surface area contributed by atoms with E-state index in [4.69, 9.17) is 27.9 Å². The smallest absolute Gasteiger partial charge is 0.432 e. The fourth-order valence-electron chi connectivity index (χ4n) is 4.67. The highest BCUT2D eigenvalue weighted by molar-refractivity contribution is 6.34. The highest BCUT2D eigenvalue weighted by atomic mass is 35.5. The third-order valence-electron chi connectivity index (χ3n) is 6.61. The summed E-state index contributed by atoms with van der Waals surface area (Å²) in [5.41, 5.74) is -0.585. The molecule has 2 aliphatic heterocycles. The zero-order valence-electron chi connectivity index (χ0n) is 18.8. The highest BCUT2D eigenvalue weighted by Crippen LogP contribution is 2.52. The van der Waals surface area contributed by atoms with E-state index in [9.17, 15) is 22.8 Å². The first-order valence-corrected chi connectivity index (χ1v) is 11.7. The molecular weight excluding hydrogens is 514 g/mol. The average Bonchev–Trinajstić information content (AvgIpc) is 3.40. The van der Waals surface area contributed by atoms with Gasteiger partial charge in [-0.1, -0.05) is 59.6 Å². The standard InChI is InChI=1S/C27H18Cl2F3NO3/c1-15(33-24(34)22-4-2-3-5-23(22)25(33)35)16-6-8-17(9-7-16)18-13-26(36-14-18,27(30,31)32)19-10-20(28)12-21(29)11-19/h2-12,14-15H,13H2,1H3. The Kier molecular flexibility index (Phi) is 5.88. The van der Waals surface area contributed by atoms with Gasteiger partial charge in [0.1, 0.15) is 0 Å². The van der Waals surface area contributed by atoms with Gasteiger partial charge in [0, 0.05) is 22.0 Å². The second kappa shape index (κ2) is 8.68. The third kappa shape index (κ3) is 3.87. The first-order chi connectivity index (χ1) is 17.0. The number of carbonyl (C=O) groups is 2. The van der Waals surface area contributed by atoms with Gasteiger partial charge in [-0.2, -0.15) is 13.2 Å². The molecule has 4 nitrogen and oxygen atoms in total. The molecule has 2 unspecified atom stereocenters. The summed E-state index contributed by atoms with van der Waals surface area (Å²) >= 11 is 11.9. The van der Waals surface area contributed by atoms with Crippen LogP contribution in [-0.2, 0) is 10.3 Å². The second-order valence-electron chi connectivity index (χ2n) is 8.74. The molecule has 0 N–H and O–H groups in total. The predicted octanol–water partition coefficient (Wildman–Crippen LogP) is 7.57. The summed E-state index contributed by atoms with van der Waals surface area (Å²) in [6.45, 7) is 1.73. The number of hydrogen-bond acceptors (Lipinski definition) is 3. The van der Waals surface area contributed by atoms with E-state index in [1.54, 1.807) is 55.5 Å². The molecule has 2 amide bonds. The van der Waals surface area contributed by atoms with E-state index in [-0.39, 0.29) is 27.4 Å². The van der Waals surface area contributed by atoms with Crippen LogP contribution >= 0.6 is 23.2 Å². The van der Waals surface area contributed by atoms with Gasteiger partial charge in [-0.15, -0.1) is 0 Å². The average molecular weight is 532 g/mol. The number of halogens is 5. The molecule has 0 aliphatic carbocycles. The lowest BCUT2D eigenvalue weighted by Crippen LogP contribution is -2.42. The molecule has 0 saturated carbocycles. The number of carbonyl (C=O) groups excluding carboxylic acids is 2. The largest absolute Gasteiger partial charge is 0.480 e. The van der Waals surface area contributed by atoms with E-state index in [1.165, 1.54) is 23.1 Å². The number of rotatable bonds is 4. The van der Waals surface area contributed by atoms with Crippen molar-refractivity contribution in [2.24, 2.45) is 0 Å². The van der Waals surface area contributed by atoms with Crippen LogP contribution in [0.5, 0.6) is 0 Å². The van der Waals surface area contributed by atoms with Crippen LogP contribution in [0.4, 0.5) is 13.2 Å². The van der Waals surface area contributed by atoms with Crippen LogP contribution < -0.4 is 0 Å². The molecule has 0 fully saturated rings. The summed E-state index contributed by atoms with van der Waals surface area (Å²) in [6, 6.07) is 16.5. The van der Waals surface area contributed by atoms with E-state index in [0.29, 0.717) is 27.8 Å². The van der Waals surface area contributed by atoms with E-state index >= 15 is 0 Å². The zero-order chi connectivity index (χ0) is 25.8. The number of amides is 2. The highest BCUT2D eigenvalue weighted by Gasteiger charge is 2.60. The normalized spacial score (nSPS) is 20.3. The topological polar surface area (TPSA) is 46.6 Å². The van der Waals surface area contributed by atoms with Gasteiger partial charge in [-0.25, -0.2) is 0 Å². The van der Waals surface area contributed by atoms with Crippen molar-refractivity contribution < 1.29 is 27.5 Å². The molecular formula is C27H18Cl2F3NO3. The lowest BCUT2D eigenvalue weighted by molar-refractivity contribution is -0.260. The minimum Gasteiger partial charge on any atom is -0.480 e. The van der Waals surface area contributed by atoms with Crippen molar-refractivity contribution in [2.45, 2.75) is 31.2 Å². The van der Waals surface area contributed by atoms with Crippen LogP contribution in [0.3, 0.4) is 0 Å².